The fraction of sp³-hybridized carbons (Fsp3) is 0.286. The van der Waals surface area contributed by atoms with Crippen LogP contribution >= 0.6 is 0 Å². The first-order valence-corrected chi connectivity index (χ1v) is 9.49. The molecule has 0 spiro atoms. The Morgan fingerprint density at radius 3 is 2.83 bits per heavy atom. The molecule has 2 fully saturated rings. The molecular formula is C21H25FN6O. The van der Waals surface area contributed by atoms with Gasteiger partial charge >= 0.3 is 0 Å². The number of anilines is 1. The summed E-state index contributed by atoms with van der Waals surface area (Å²) in [7, 11) is 0. The van der Waals surface area contributed by atoms with Crippen molar-refractivity contribution in [3.8, 4) is 0 Å². The number of ether oxygens (including phenoxy) is 1. The molecule has 4 unspecified atom stereocenters. The summed E-state index contributed by atoms with van der Waals surface area (Å²) >= 11 is 0. The van der Waals surface area contributed by atoms with E-state index in [0.717, 1.165) is 12.1 Å². The van der Waals surface area contributed by atoms with Crippen molar-refractivity contribution >= 4 is 23.7 Å². The molecule has 4 atom stereocenters. The topological polar surface area (TPSA) is 101 Å². The summed E-state index contributed by atoms with van der Waals surface area (Å²) in [4.78, 5) is 6.50. The molecule has 1 aromatic carbocycles. The standard InChI is InChI=1S/C21H25FN6O/c1-3-12-9-13(4-2)17(14(22)10-12)27-21-26-16-7-5-6-8-25-20(16)28(21)18-15(23)11-29-19(18)24/h3-4,6-10,15,18-19,21,26-27H,1-2,5,11,23-24H2. The van der Waals surface area contributed by atoms with E-state index in [0.29, 0.717) is 29.3 Å². The maximum absolute atomic E-state index is 14.9. The second-order valence-corrected chi connectivity index (χ2v) is 7.12. The van der Waals surface area contributed by atoms with Crippen LogP contribution in [0.2, 0.25) is 0 Å². The van der Waals surface area contributed by atoms with Gasteiger partial charge in [0.1, 0.15) is 12.0 Å². The average Bonchev–Trinajstić information content (AvgIpc) is 3.10. The minimum absolute atomic E-state index is 0.308. The zero-order valence-corrected chi connectivity index (χ0v) is 16.0. The van der Waals surface area contributed by atoms with Crippen LogP contribution in [0.5, 0.6) is 0 Å². The Morgan fingerprint density at radius 2 is 2.14 bits per heavy atom. The van der Waals surface area contributed by atoms with Gasteiger partial charge in [0.05, 0.1) is 30.1 Å². The second-order valence-electron chi connectivity index (χ2n) is 7.12. The van der Waals surface area contributed by atoms with Gasteiger partial charge in [-0.2, -0.15) is 0 Å². The predicted molar refractivity (Wildman–Crippen MR) is 114 cm³/mol. The smallest absolute Gasteiger partial charge is 0.178 e. The van der Waals surface area contributed by atoms with Crippen molar-refractivity contribution in [3.63, 3.8) is 0 Å². The van der Waals surface area contributed by atoms with E-state index < -0.39 is 18.3 Å². The first-order chi connectivity index (χ1) is 14.0. The summed E-state index contributed by atoms with van der Waals surface area (Å²) in [6.45, 7) is 7.86. The van der Waals surface area contributed by atoms with Crippen molar-refractivity contribution in [1.29, 1.82) is 0 Å². The number of amidine groups is 1. The number of aliphatic imine (C=N–C) groups is 1. The van der Waals surface area contributed by atoms with Crippen LogP contribution in [0.25, 0.3) is 12.2 Å². The lowest BCUT2D eigenvalue weighted by Gasteiger charge is -2.35. The monoisotopic (exact) mass is 396 g/mol. The van der Waals surface area contributed by atoms with E-state index in [1.54, 1.807) is 18.4 Å². The zero-order chi connectivity index (χ0) is 20.5. The molecular weight excluding hydrogens is 371 g/mol. The quantitative estimate of drug-likeness (QED) is 0.607. The van der Waals surface area contributed by atoms with Crippen LogP contribution in [0.3, 0.4) is 0 Å². The third kappa shape index (κ3) is 3.46. The fourth-order valence-corrected chi connectivity index (χ4v) is 3.86. The van der Waals surface area contributed by atoms with E-state index in [4.69, 9.17) is 16.2 Å². The Morgan fingerprint density at radius 1 is 1.31 bits per heavy atom. The Kier molecular flexibility index (Phi) is 5.23. The van der Waals surface area contributed by atoms with Gasteiger partial charge in [-0.15, -0.1) is 0 Å². The Bertz CT molecular complexity index is 914. The van der Waals surface area contributed by atoms with Crippen LogP contribution < -0.4 is 22.1 Å². The number of nitrogens with one attached hydrogen (secondary N) is 2. The van der Waals surface area contributed by atoms with E-state index >= 15 is 0 Å². The van der Waals surface area contributed by atoms with Gasteiger partial charge in [0.25, 0.3) is 0 Å². The molecule has 1 aromatic rings. The van der Waals surface area contributed by atoms with E-state index in [9.17, 15) is 4.39 Å². The van der Waals surface area contributed by atoms with Crippen molar-refractivity contribution in [3.05, 3.63) is 66.3 Å². The van der Waals surface area contributed by atoms with E-state index in [1.165, 1.54) is 6.07 Å². The normalized spacial score (nSPS) is 28.2. The molecule has 2 saturated heterocycles. The minimum Gasteiger partial charge on any atom is -0.360 e. The van der Waals surface area contributed by atoms with Gasteiger partial charge in [-0.25, -0.2) is 9.38 Å². The van der Waals surface area contributed by atoms with Crippen LogP contribution in [0, 0.1) is 5.82 Å². The summed E-state index contributed by atoms with van der Waals surface area (Å²) in [6, 6.07) is 2.60. The molecule has 3 aliphatic rings. The van der Waals surface area contributed by atoms with Gasteiger partial charge < -0.3 is 31.7 Å². The van der Waals surface area contributed by atoms with Crippen LogP contribution in [-0.4, -0.2) is 41.9 Å². The molecule has 4 rings (SSSR count). The van der Waals surface area contributed by atoms with Crippen molar-refractivity contribution in [2.45, 2.75) is 31.0 Å². The number of rotatable bonds is 5. The van der Waals surface area contributed by atoms with Gasteiger partial charge in [0.2, 0.25) is 0 Å². The number of allylic oxidation sites excluding steroid dienone is 2. The summed E-state index contributed by atoms with van der Waals surface area (Å²) in [5.74, 6) is 0.291. The minimum atomic E-state index is -0.586. The van der Waals surface area contributed by atoms with E-state index in [-0.39, 0.29) is 12.1 Å². The van der Waals surface area contributed by atoms with Gasteiger partial charge in [-0.05, 0) is 24.1 Å². The van der Waals surface area contributed by atoms with Gasteiger partial charge in [0.15, 0.2) is 12.1 Å². The van der Waals surface area contributed by atoms with Gasteiger partial charge in [-0.3, -0.25) is 0 Å². The molecule has 29 heavy (non-hydrogen) atoms. The highest BCUT2D eigenvalue weighted by molar-refractivity contribution is 6.01. The second kappa shape index (κ2) is 7.82. The molecule has 0 bridgehead atoms. The van der Waals surface area contributed by atoms with Crippen LogP contribution in [0.1, 0.15) is 17.5 Å². The van der Waals surface area contributed by atoms with E-state index in [2.05, 4.69) is 28.8 Å². The molecule has 3 aliphatic heterocycles. The third-order valence-corrected chi connectivity index (χ3v) is 5.27. The number of benzene rings is 1. The number of hydrogen-bond acceptors (Lipinski definition) is 7. The number of halogens is 1. The van der Waals surface area contributed by atoms with Crippen LogP contribution in [0.4, 0.5) is 10.1 Å². The summed E-state index contributed by atoms with van der Waals surface area (Å²) in [6.07, 6.45) is 8.55. The number of hydrogen-bond donors (Lipinski definition) is 4. The molecule has 0 radical (unpaired) electrons. The lowest BCUT2D eigenvalue weighted by atomic mass is 10.1. The first-order valence-electron chi connectivity index (χ1n) is 9.49. The molecule has 152 valence electrons. The van der Waals surface area contributed by atoms with Crippen molar-refractivity contribution < 1.29 is 9.13 Å². The lowest BCUT2D eigenvalue weighted by Crippen LogP contribution is -2.59. The van der Waals surface area contributed by atoms with Crippen molar-refractivity contribution in [2.75, 3.05) is 11.9 Å². The number of fused-ring (bicyclic) bond motifs is 1. The predicted octanol–water partition coefficient (Wildman–Crippen LogP) is 1.92. The van der Waals surface area contributed by atoms with Crippen LogP contribution in [0.15, 0.2) is 54.3 Å². The Balaban J connectivity index is 1.74. The van der Waals surface area contributed by atoms with Crippen molar-refractivity contribution in [2.24, 2.45) is 16.5 Å². The molecule has 0 amide bonds. The molecule has 0 saturated carbocycles. The SMILES string of the molecule is C=Cc1cc(F)c(NC2NC3=CCC=CN=C3N2C2C(N)COC2N)c(C=C)c1. The van der Waals surface area contributed by atoms with Gasteiger partial charge in [-0.1, -0.05) is 37.5 Å². The molecule has 3 heterocycles. The Labute approximate surface area is 169 Å². The summed E-state index contributed by atoms with van der Waals surface area (Å²) in [5.41, 5.74) is 14.9. The summed E-state index contributed by atoms with van der Waals surface area (Å²) < 4.78 is 20.5. The lowest BCUT2D eigenvalue weighted by molar-refractivity contribution is 0.0801. The van der Waals surface area contributed by atoms with Crippen molar-refractivity contribution in [1.82, 2.24) is 10.2 Å². The molecule has 7 nitrogen and oxygen atoms in total. The number of nitrogens with two attached hydrogens (primary N) is 2. The van der Waals surface area contributed by atoms with Gasteiger partial charge in [0, 0.05) is 11.8 Å². The molecule has 8 heteroatoms. The molecule has 0 aliphatic carbocycles. The van der Waals surface area contributed by atoms with E-state index in [1.807, 2.05) is 23.1 Å². The van der Waals surface area contributed by atoms with Crippen LogP contribution in [-0.2, 0) is 4.74 Å². The highest BCUT2D eigenvalue weighted by Gasteiger charge is 2.46. The molecule has 6 N–H and O–H groups in total. The fourth-order valence-electron chi connectivity index (χ4n) is 3.86. The largest absolute Gasteiger partial charge is 0.360 e. The maximum Gasteiger partial charge on any atom is 0.178 e. The summed E-state index contributed by atoms with van der Waals surface area (Å²) in [5, 5.41) is 6.62. The zero-order valence-electron chi connectivity index (χ0n) is 16.0. The molecule has 0 aromatic heterocycles. The third-order valence-electron chi connectivity index (χ3n) is 5.27. The maximum atomic E-state index is 14.9. The first kappa shape index (κ1) is 19.4. The highest BCUT2D eigenvalue weighted by atomic mass is 19.1. The highest BCUT2D eigenvalue weighted by Crippen LogP contribution is 2.30. The number of nitrogens with zero attached hydrogens (tertiary/aromatic N) is 2. The Hall–Kier alpha value is -2.94. The average molecular weight is 396 g/mol.